The maximum absolute atomic E-state index is 12.0. The molecule has 2 bridgehead atoms. The van der Waals surface area contributed by atoms with Crippen LogP contribution in [0.1, 0.15) is 40.0 Å². The average molecular weight is 312 g/mol. The highest BCUT2D eigenvalue weighted by Gasteiger charge is 2.75. The Morgan fingerprint density at radius 1 is 1.00 bits per heavy atom. The molecule has 1 heterocycles. The lowest BCUT2D eigenvalue weighted by Gasteiger charge is -2.44. The molecule has 3 fully saturated rings. The van der Waals surface area contributed by atoms with Gasteiger partial charge < -0.3 is 18.9 Å². The largest absolute Gasteiger partial charge is 0.467 e. The van der Waals surface area contributed by atoms with Crippen molar-refractivity contribution in [2.45, 2.75) is 58.0 Å². The summed E-state index contributed by atoms with van der Waals surface area (Å²) in [5, 5.41) is 0. The first-order chi connectivity index (χ1) is 10.2. The van der Waals surface area contributed by atoms with Gasteiger partial charge in [0, 0.05) is 11.8 Å². The van der Waals surface area contributed by atoms with Crippen LogP contribution in [0, 0.1) is 16.7 Å². The average Bonchev–Trinajstić information content (AvgIpc) is 3.03. The van der Waals surface area contributed by atoms with Crippen LogP contribution in [0.2, 0.25) is 0 Å². The van der Waals surface area contributed by atoms with E-state index in [0.29, 0.717) is 12.3 Å². The van der Waals surface area contributed by atoms with Gasteiger partial charge in [0.25, 0.3) is 0 Å². The van der Waals surface area contributed by atoms with Crippen molar-refractivity contribution in [3.05, 3.63) is 0 Å². The number of carbonyl (C=O) groups excluding carboxylic acids is 2. The zero-order chi connectivity index (χ0) is 16.3. The number of ether oxygens (including phenoxy) is 4. The topological polar surface area (TPSA) is 71.1 Å². The Morgan fingerprint density at radius 3 is 1.82 bits per heavy atom. The molecule has 6 heteroatoms. The maximum atomic E-state index is 12.0. The van der Waals surface area contributed by atoms with Crippen molar-refractivity contribution in [1.29, 1.82) is 0 Å². The van der Waals surface area contributed by atoms with Crippen molar-refractivity contribution in [1.82, 2.24) is 0 Å². The highest BCUT2D eigenvalue weighted by atomic mass is 16.8. The van der Waals surface area contributed by atoms with Gasteiger partial charge in [-0.2, -0.15) is 0 Å². The lowest BCUT2D eigenvalue weighted by molar-refractivity contribution is -0.251. The van der Waals surface area contributed by atoms with E-state index < -0.39 is 29.9 Å². The highest BCUT2D eigenvalue weighted by molar-refractivity contribution is 5.86. The van der Waals surface area contributed by atoms with Gasteiger partial charge in [0.05, 0.1) is 14.2 Å². The first kappa shape index (κ1) is 15.7. The number of methoxy groups -OCH3 is 2. The predicted octanol–water partition coefficient (Wildman–Crippen LogP) is 1.66. The van der Waals surface area contributed by atoms with Gasteiger partial charge in [-0.3, -0.25) is 0 Å². The molecule has 6 nitrogen and oxygen atoms in total. The first-order valence-corrected chi connectivity index (χ1v) is 7.74. The molecule has 1 aliphatic heterocycles. The molecule has 3 rings (SSSR count). The number of rotatable bonds is 2. The van der Waals surface area contributed by atoms with Crippen molar-refractivity contribution in [3.63, 3.8) is 0 Å². The van der Waals surface area contributed by atoms with E-state index in [9.17, 15) is 9.59 Å². The molecule has 0 aromatic heterocycles. The summed E-state index contributed by atoms with van der Waals surface area (Å²) in [6.45, 7) is 6.56. The van der Waals surface area contributed by atoms with E-state index in [2.05, 4.69) is 20.8 Å². The molecule has 0 amide bonds. The third-order valence-electron chi connectivity index (χ3n) is 6.57. The first-order valence-electron chi connectivity index (χ1n) is 7.74. The quantitative estimate of drug-likeness (QED) is 0.722. The molecular formula is C16H24O6. The molecule has 0 aromatic rings. The van der Waals surface area contributed by atoms with Crippen LogP contribution in [0.5, 0.6) is 0 Å². The van der Waals surface area contributed by atoms with Gasteiger partial charge in [-0.1, -0.05) is 20.8 Å². The summed E-state index contributed by atoms with van der Waals surface area (Å²) >= 11 is 0. The van der Waals surface area contributed by atoms with E-state index in [-0.39, 0.29) is 10.8 Å². The van der Waals surface area contributed by atoms with Crippen LogP contribution in [0.3, 0.4) is 0 Å². The molecule has 1 unspecified atom stereocenters. The lowest BCUT2D eigenvalue weighted by Crippen LogP contribution is -2.49. The van der Waals surface area contributed by atoms with Crippen LogP contribution in [-0.4, -0.2) is 44.2 Å². The molecule has 2 aliphatic carbocycles. The van der Waals surface area contributed by atoms with Crippen LogP contribution in [0.25, 0.3) is 0 Å². The molecular weight excluding hydrogens is 288 g/mol. The maximum Gasteiger partial charge on any atom is 0.338 e. The smallest absolute Gasteiger partial charge is 0.338 e. The summed E-state index contributed by atoms with van der Waals surface area (Å²) in [6.07, 6.45) is 0.627. The van der Waals surface area contributed by atoms with Crippen LogP contribution < -0.4 is 0 Å². The predicted molar refractivity (Wildman–Crippen MR) is 75.7 cm³/mol. The minimum Gasteiger partial charge on any atom is -0.467 e. The van der Waals surface area contributed by atoms with E-state index in [4.69, 9.17) is 18.9 Å². The Labute approximate surface area is 130 Å². The third-order valence-corrected chi connectivity index (χ3v) is 6.57. The summed E-state index contributed by atoms with van der Waals surface area (Å²) in [5.74, 6) is -1.67. The van der Waals surface area contributed by atoms with Crippen LogP contribution >= 0.6 is 0 Å². The number of hydrogen-bond donors (Lipinski definition) is 0. The van der Waals surface area contributed by atoms with Crippen molar-refractivity contribution < 1.29 is 28.5 Å². The minimum atomic E-state index is -1.07. The van der Waals surface area contributed by atoms with Crippen LogP contribution in [-0.2, 0) is 28.5 Å². The molecule has 4 atom stereocenters. The van der Waals surface area contributed by atoms with E-state index in [1.807, 2.05) is 0 Å². The van der Waals surface area contributed by atoms with Crippen molar-refractivity contribution in [2.24, 2.45) is 16.7 Å². The van der Waals surface area contributed by atoms with E-state index in [0.717, 1.165) is 12.8 Å². The van der Waals surface area contributed by atoms with Gasteiger partial charge in [-0.25, -0.2) is 9.59 Å². The van der Waals surface area contributed by atoms with Crippen molar-refractivity contribution in [2.75, 3.05) is 14.2 Å². The van der Waals surface area contributed by atoms with E-state index in [1.54, 1.807) is 0 Å². The monoisotopic (exact) mass is 312 g/mol. The Bertz CT molecular complexity index is 489. The Kier molecular flexibility index (Phi) is 3.35. The fourth-order valence-electron chi connectivity index (χ4n) is 4.68. The van der Waals surface area contributed by atoms with Gasteiger partial charge in [0.15, 0.2) is 18.0 Å². The second-order valence-electron chi connectivity index (χ2n) is 7.37. The lowest BCUT2D eigenvalue weighted by atomic mass is 9.68. The normalized spacial score (nSPS) is 40.9. The summed E-state index contributed by atoms with van der Waals surface area (Å²) in [4.78, 5) is 24.0. The molecule has 2 saturated carbocycles. The Hall–Kier alpha value is -1.14. The van der Waals surface area contributed by atoms with E-state index >= 15 is 0 Å². The summed E-state index contributed by atoms with van der Waals surface area (Å²) in [6, 6.07) is 0. The molecule has 0 radical (unpaired) electrons. The van der Waals surface area contributed by atoms with Gasteiger partial charge in [0.1, 0.15) is 0 Å². The van der Waals surface area contributed by atoms with E-state index in [1.165, 1.54) is 14.2 Å². The second kappa shape index (κ2) is 4.68. The fraction of sp³-hybridized carbons (Fsp3) is 0.875. The van der Waals surface area contributed by atoms with Gasteiger partial charge in [-0.15, -0.1) is 0 Å². The fourth-order valence-corrected chi connectivity index (χ4v) is 4.68. The number of fused-ring (bicyclic) bond motifs is 3. The molecule has 124 valence electrons. The molecule has 3 aliphatic rings. The molecule has 22 heavy (non-hydrogen) atoms. The zero-order valence-electron chi connectivity index (χ0n) is 13.8. The molecule has 0 aromatic carbocycles. The van der Waals surface area contributed by atoms with Gasteiger partial charge in [-0.05, 0) is 24.2 Å². The minimum absolute atomic E-state index is 0.0265. The Balaban J connectivity index is 1.97. The number of esters is 2. The van der Waals surface area contributed by atoms with Gasteiger partial charge >= 0.3 is 11.9 Å². The molecule has 1 saturated heterocycles. The molecule has 1 spiro atoms. The second-order valence-corrected chi connectivity index (χ2v) is 7.37. The zero-order valence-corrected chi connectivity index (χ0v) is 13.8. The van der Waals surface area contributed by atoms with Crippen LogP contribution in [0.4, 0.5) is 0 Å². The summed E-state index contributed by atoms with van der Waals surface area (Å²) in [7, 11) is 2.55. The SMILES string of the molecule is COC(=O)[C@@H]1OC2(C[C@@H]3CCC2(C)C3(C)C)O[C@H]1C(=O)OC. The van der Waals surface area contributed by atoms with Gasteiger partial charge in [0.2, 0.25) is 0 Å². The highest BCUT2D eigenvalue weighted by Crippen LogP contribution is 2.72. The van der Waals surface area contributed by atoms with Crippen molar-refractivity contribution >= 4 is 11.9 Å². The van der Waals surface area contributed by atoms with Crippen molar-refractivity contribution in [3.8, 4) is 0 Å². The Morgan fingerprint density at radius 2 is 1.50 bits per heavy atom. The van der Waals surface area contributed by atoms with Crippen LogP contribution in [0.15, 0.2) is 0 Å². The molecule has 0 N–H and O–H groups in total. The third kappa shape index (κ3) is 1.68. The summed E-state index contributed by atoms with van der Waals surface area (Å²) < 4.78 is 21.7. The number of hydrogen-bond acceptors (Lipinski definition) is 6. The number of carbonyl (C=O) groups is 2. The standard InChI is InChI=1S/C16H24O6/c1-14(2)9-6-7-15(14,3)16(8-9)21-10(12(17)19-4)11(22-16)13(18)20-5/h9-11H,6-8H2,1-5H3/t9-,10+,11+,15?/m0/s1. The summed E-state index contributed by atoms with van der Waals surface area (Å²) in [5.41, 5.74) is -0.224.